The number of thiol groups is 1. The van der Waals surface area contributed by atoms with Crippen molar-refractivity contribution in [3.63, 3.8) is 0 Å². The van der Waals surface area contributed by atoms with Crippen molar-refractivity contribution in [2.24, 2.45) is 0 Å². The van der Waals surface area contributed by atoms with Gasteiger partial charge in [0, 0.05) is 0 Å². The van der Waals surface area contributed by atoms with Crippen molar-refractivity contribution in [3.05, 3.63) is 29.8 Å². The molecule has 0 radical (unpaired) electrons. The van der Waals surface area contributed by atoms with Crippen molar-refractivity contribution >= 4 is 12.6 Å². The first-order valence-corrected chi connectivity index (χ1v) is 8.08. The number of alkyl halides is 3. The normalized spacial score (nSPS) is 11.6. The molecule has 0 bridgehead atoms. The van der Waals surface area contributed by atoms with Gasteiger partial charge in [-0.25, -0.2) is 0 Å². The molecule has 21 heavy (non-hydrogen) atoms. The second-order valence-electron chi connectivity index (χ2n) is 5.07. The lowest BCUT2D eigenvalue weighted by molar-refractivity contribution is -0.137. The molecule has 1 nitrogen and oxygen atoms in total. The Morgan fingerprint density at radius 2 is 1.33 bits per heavy atom. The molecule has 120 valence electrons. The number of ether oxygens (including phenoxy) is 1. The van der Waals surface area contributed by atoms with E-state index in [4.69, 9.17) is 4.74 Å². The second kappa shape index (κ2) is 9.98. The van der Waals surface area contributed by atoms with Crippen LogP contribution in [-0.4, -0.2) is 12.4 Å². The zero-order valence-electron chi connectivity index (χ0n) is 12.2. The Morgan fingerprint density at radius 3 is 1.86 bits per heavy atom. The van der Waals surface area contributed by atoms with Gasteiger partial charge in [0.2, 0.25) is 0 Å². The first-order valence-electron chi connectivity index (χ1n) is 7.45. The van der Waals surface area contributed by atoms with Gasteiger partial charge in [0.05, 0.1) is 12.2 Å². The molecule has 0 amide bonds. The molecule has 0 aliphatic rings. The zero-order chi connectivity index (χ0) is 15.6. The zero-order valence-corrected chi connectivity index (χ0v) is 13.1. The van der Waals surface area contributed by atoms with Crippen LogP contribution in [0.2, 0.25) is 0 Å². The Hall–Kier alpha value is -0.840. The quantitative estimate of drug-likeness (QED) is 0.427. The smallest absolute Gasteiger partial charge is 0.416 e. The van der Waals surface area contributed by atoms with Crippen LogP contribution in [0.4, 0.5) is 13.2 Å². The maximum atomic E-state index is 12.4. The fourth-order valence-electron chi connectivity index (χ4n) is 2.03. The number of hydrogen-bond acceptors (Lipinski definition) is 2. The van der Waals surface area contributed by atoms with Crippen molar-refractivity contribution in [1.29, 1.82) is 0 Å². The molecule has 0 saturated carbocycles. The van der Waals surface area contributed by atoms with Gasteiger partial charge in [0.25, 0.3) is 0 Å². The molecule has 0 heterocycles. The van der Waals surface area contributed by atoms with Gasteiger partial charge in [-0.1, -0.05) is 32.1 Å². The predicted molar refractivity (Wildman–Crippen MR) is 83.1 cm³/mol. The van der Waals surface area contributed by atoms with E-state index in [9.17, 15) is 13.2 Å². The van der Waals surface area contributed by atoms with E-state index in [0.717, 1.165) is 30.7 Å². The van der Waals surface area contributed by atoms with Crippen LogP contribution in [0.5, 0.6) is 5.75 Å². The summed E-state index contributed by atoms with van der Waals surface area (Å²) in [7, 11) is 0. The number of benzene rings is 1. The van der Waals surface area contributed by atoms with Crippen LogP contribution < -0.4 is 4.74 Å². The third-order valence-electron chi connectivity index (χ3n) is 3.25. The minimum absolute atomic E-state index is 0.497. The molecule has 1 rings (SSSR count). The molecule has 0 unspecified atom stereocenters. The lowest BCUT2D eigenvalue weighted by Gasteiger charge is -2.09. The topological polar surface area (TPSA) is 9.23 Å². The number of rotatable bonds is 10. The predicted octanol–water partition coefficient (Wildman–Crippen LogP) is 5.74. The maximum Gasteiger partial charge on any atom is 0.416 e. The van der Waals surface area contributed by atoms with Crippen molar-refractivity contribution in [2.75, 3.05) is 12.4 Å². The van der Waals surface area contributed by atoms with E-state index in [1.54, 1.807) is 0 Å². The summed E-state index contributed by atoms with van der Waals surface area (Å²) in [5.41, 5.74) is -0.643. The average molecular weight is 320 g/mol. The fraction of sp³-hybridized carbons (Fsp3) is 0.625. The van der Waals surface area contributed by atoms with Gasteiger partial charge in [-0.2, -0.15) is 25.8 Å². The molecule has 0 aliphatic carbocycles. The highest BCUT2D eigenvalue weighted by Gasteiger charge is 2.29. The van der Waals surface area contributed by atoms with Crippen LogP contribution in [0, 0.1) is 0 Å². The van der Waals surface area contributed by atoms with Crippen LogP contribution in [0.1, 0.15) is 50.5 Å². The highest BCUT2D eigenvalue weighted by atomic mass is 32.1. The van der Waals surface area contributed by atoms with E-state index >= 15 is 0 Å². The van der Waals surface area contributed by atoms with Crippen LogP contribution >= 0.6 is 12.6 Å². The molecular weight excluding hydrogens is 297 g/mol. The van der Waals surface area contributed by atoms with Gasteiger partial charge < -0.3 is 4.74 Å². The van der Waals surface area contributed by atoms with Crippen molar-refractivity contribution in [2.45, 2.75) is 51.1 Å². The van der Waals surface area contributed by atoms with Gasteiger partial charge in [-0.05, 0) is 42.9 Å². The highest BCUT2D eigenvalue weighted by molar-refractivity contribution is 7.80. The molecule has 0 aliphatic heterocycles. The van der Waals surface area contributed by atoms with E-state index in [2.05, 4.69) is 12.6 Å². The molecule has 0 fully saturated rings. The molecule has 0 N–H and O–H groups in total. The van der Waals surface area contributed by atoms with Gasteiger partial charge in [-0.15, -0.1) is 0 Å². The first-order chi connectivity index (χ1) is 10.0. The summed E-state index contributed by atoms with van der Waals surface area (Å²) in [6, 6.07) is 4.86. The third kappa shape index (κ3) is 8.24. The molecule has 0 spiro atoms. The molecular formula is C16H23F3OS. The highest BCUT2D eigenvalue weighted by Crippen LogP contribution is 2.30. The first kappa shape index (κ1) is 18.2. The second-order valence-corrected chi connectivity index (χ2v) is 5.52. The third-order valence-corrected chi connectivity index (χ3v) is 3.57. The summed E-state index contributed by atoms with van der Waals surface area (Å²) in [4.78, 5) is 0. The van der Waals surface area contributed by atoms with Crippen molar-refractivity contribution < 1.29 is 17.9 Å². The SMILES string of the molecule is FC(F)(F)c1ccc(OCCCCCCCCCS)cc1. The maximum absolute atomic E-state index is 12.4. The van der Waals surface area contributed by atoms with Crippen LogP contribution in [0.25, 0.3) is 0 Å². The van der Waals surface area contributed by atoms with E-state index < -0.39 is 11.7 Å². The fourth-order valence-corrected chi connectivity index (χ4v) is 2.25. The average Bonchev–Trinajstić information content (AvgIpc) is 2.45. The van der Waals surface area contributed by atoms with Crippen LogP contribution in [-0.2, 0) is 6.18 Å². The Morgan fingerprint density at radius 1 is 0.810 bits per heavy atom. The Bertz CT molecular complexity index is 376. The lowest BCUT2D eigenvalue weighted by atomic mass is 10.1. The van der Waals surface area contributed by atoms with Gasteiger partial charge in [-0.3, -0.25) is 0 Å². The number of halogens is 3. The molecule has 1 aromatic carbocycles. The summed E-state index contributed by atoms with van der Waals surface area (Å²) >= 11 is 4.17. The number of unbranched alkanes of at least 4 members (excludes halogenated alkanes) is 6. The van der Waals surface area contributed by atoms with Gasteiger partial charge in [0.1, 0.15) is 5.75 Å². The van der Waals surface area contributed by atoms with Crippen molar-refractivity contribution in [3.8, 4) is 5.75 Å². The lowest BCUT2D eigenvalue weighted by Crippen LogP contribution is -2.04. The molecule has 5 heteroatoms. The Kier molecular flexibility index (Phi) is 8.66. The van der Waals surface area contributed by atoms with E-state index in [-0.39, 0.29) is 0 Å². The summed E-state index contributed by atoms with van der Waals surface area (Å²) < 4.78 is 42.6. The summed E-state index contributed by atoms with van der Waals surface area (Å²) in [6.45, 7) is 0.558. The molecule has 1 aromatic rings. The summed E-state index contributed by atoms with van der Waals surface area (Å²) in [6.07, 6.45) is 3.84. The molecule has 0 saturated heterocycles. The summed E-state index contributed by atoms with van der Waals surface area (Å²) in [5, 5.41) is 0. The molecule has 0 atom stereocenters. The minimum atomic E-state index is -4.29. The van der Waals surface area contributed by atoms with Gasteiger partial charge >= 0.3 is 6.18 Å². The molecule has 0 aromatic heterocycles. The van der Waals surface area contributed by atoms with Gasteiger partial charge in [0.15, 0.2) is 0 Å². The monoisotopic (exact) mass is 320 g/mol. The summed E-state index contributed by atoms with van der Waals surface area (Å²) in [5.74, 6) is 1.46. The number of hydrogen-bond donors (Lipinski definition) is 1. The van der Waals surface area contributed by atoms with Crippen LogP contribution in [0.15, 0.2) is 24.3 Å². The van der Waals surface area contributed by atoms with Crippen LogP contribution in [0.3, 0.4) is 0 Å². The van der Waals surface area contributed by atoms with Crippen molar-refractivity contribution in [1.82, 2.24) is 0 Å². The van der Waals surface area contributed by atoms with E-state index in [1.165, 1.54) is 44.2 Å². The Labute approximate surface area is 130 Å². The van der Waals surface area contributed by atoms with E-state index in [1.807, 2.05) is 0 Å². The largest absolute Gasteiger partial charge is 0.494 e. The minimum Gasteiger partial charge on any atom is -0.494 e. The Balaban J connectivity index is 2.08. The standard InChI is InChI=1S/C16H23F3OS/c17-16(18,19)14-8-10-15(11-9-14)20-12-6-4-2-1-3-5-7-13-21/h8-11,21H,1-7,12-13H2. The van der Waals surface area contributed by atoms with E-state index in [0.29, 0.717) is 12.4 Å².